The number of carbonyl (C=O) groups is 2. The predicted molar refractivity (Wildman–Crippen MR) is 92.0 cm³/mol. The average Bonchev–Trinajstić information content (AvgIpc) is 3.28. The van der Waals surface area contributed by atoms with Crippen LogP contribution in [-0.2, 0) is 17.8 Å². The van der Waals surface area contributed by atoms with Gasteiger partial charge in [-0.2, -0.15) is 0 Å². The molecule has 1 aliphatic rings. The van der Waals surface area contributed by atoms with Gasteiger partial charge in [0.2, 0.25) is 5.91 Å². The molecule has 0 unspecified atom stereocenters. The average molecular weight is 344 g/mol. The Morgan fingerprint density at radius 3 is 3.00 bits per heavy atom. The monoisotopic (exact) mass is 344 g/mol. The van der Waals surface area contributed by atoms with Crippen LogP contribution in [0.2, 0.25) is 0 Å². The first kappa shape index (κ1) is 17.3. The van der Waals surface area contributed by atoms with Gasteiger partial charge in [-0.3, -0.25) is 9.59 Å². The van der Waals surface area contributed by atoms with Crippen LogP contribution >= 0.6 is 0 Å². The van der Waals surface area contributed by atoms with E-state index in [0.29, 0.717) is 24.6 Å². The number of carbonyl (C=O) groups excluding carboxylic acids is 2. The van der Waals surface area contributed by atoms with Crippen LogP contribution < -0.4 is 5.32 Å². The summed E-state index contributed by atoms with van der Waals surface area (Å²) in [6.45, 7) is 5.21. The van der Waals surface area contributed by atoms with Crippen LogP contribution in [-0.4, -0.2) is 39.4 Å². The number of aromatic nitrogens is 2. The molecule has 1 saturated heterocycles. The van der Waals surface area contributed by atoms with E-state index in [1.54, 1.807) is 12.1 Å². The van der Waals surface area contributed by atoms with Gasteiger partial charge in [-0.25, -0.2) is 4.98 Å². The molecule has 134 valence electrons. The van der Waals surface area contributed by atoms with Gasteiger partial charge in [-0.1, -0.05) is 6.92 Å². The number of rotatable bonds is 5. The Hall–Kier alpha value is -2.57. The SMILES string of the molecule is CCc1nccn1[C@H]1CCCN(C(=O)c2ccc(CNC(C)=O)o2)C1. The van der Waals surface area contributed by atoms with Crippen molar-refractivity contribution in [3.63, 3.8) is 0 Å². The Morgan fingerprint density at radius 2 is 2.24 bits per heavy atom. The van der Waals surface area contributed by atoms with E-state index in [1.807, 2.05) is 17.3 Å². The summed E-state index contributed by atoms with van der Waals surface area (Å²) >= 11 is 0. The number of likely N-dealkylation sites (tertiary alicyclic amines) is 1. The molecule has 2 amide bonds. The number of amides is 2. The number of hydrogen-bond acceptors (Lipinski definition) is 4. The van der Waals surface area contributed by atoms with Crippen LogP contribution in [0.5, 0.6) is 0 Å². The molecule has 0 spiro atoms. The summed E-state index contributed by atoms with van der Waals surface area (Å²) in [4.78, 5) is 29.9. The van der Waals surface area contributed by atoms with Crippen molar-refractivity contribution in [2.75, 3.05) is 13.1 Å². The molecule has 2 aromatic heterocycles. The fourth-order valence-electron chi connectivity index (χ4n) is 3.27. The Kier molecular flexibility index (Phi) is 5.21. The smallest absolute Gasteiger partial charge is 0.289 e. The molecular weight excluding hydrogens is 320 g/mol. The van der Waals surface area contributed by atoms with Gasteiger partial charge >= 0.3 is 0 Å². The maximum atomic E-state index is 12.7. The largest absolute Gasteiger partial charge is 0.454 e. The van der Waals surface area contributed by atoms with Crippen LogP contribution in [0.15, 0.2) is 28.9 Å². The fraction of sp³-hybridized carbons (Fsp3) is 0.500. The highest BCUT2D eigenvalue weighted by Crippen LogP contribution is 2.24. The van der Waals surface area contributed by atoms with Crippen molar-refractivity contribution in [1.29, 1.82) is 0 Å². The van der Waals surface area contributed by atoms with Gasteiger partial charge in [-0.05, 0) is 25.0 Å². The lowest BCUT2D eigenvalue weighted by atomic mass is 10.0. The number of nitrogens with one attached hydrogen (secondary N) is 1. The highest BCUT2D eigenvalue weighted by Gasteiger charge is 2.27. The first-order valence-corrected chi connectivity index (χ1v) is 8.72. The minimum atomic E-state index is -0.129. The van der Waals surface area contributed by atoms with E-state index in [1.165, 1.54) is 6.92 Å². The molecule has 0 aliphatic carbocycles. The third-order valence-electron chi connectivity index (χ3n) is 4.53. The third-order valence-corrected chi connectivity index (χ3v) is 4.53. The lowest BCUT2D eigenvalue weighted by Crippen LogP contribution is -2.40. The first-order valence-electron chi connectivity index (χ1n) is 8.72. The molecule has 0 aromatic carbocycles. The van der Waals surface area contributed by atoms with Crippen molar-refractivity contribution >= 4 is 11.8 Å². The quantitative estimate of drug-likeness (QED) is 0.901. The van der Waals surface area contributed by atoms with Gasteiger partial charge in [0.05, 0.1) is 12.6 Å². The van der Waals surface area contributed by atoms with Crippen LogP contribution in [0.1, 0.15) is 54.9 Å². The maximum absolute atomic E-state index is 12.7. The molecule has 3 heterocycles. The lowest BCUT2D eigenvalue weighted by Gasteiger charge is -2.33. The standard InChI is InChI=1S/C18H24N4O3/c1-3-17-19-8-10-22(17)14-5-4-9-21(12-14)18(24)16-7-6-15(25-16)11-20-13(2)23/h6-8,10,14H,3-5,9,11-12H2,1-2H3,(H,20,23)/t14-/m0/s1. The lowest BCUT2D eigenvalue weighted by molar-refractivity contribution is -0.119. The molecule has 0 radical (unpaired) electrons. The number of aryl methyl sites for hydroxylation is 1. The Labute approximate surface area is 147 Å². The normalized spacial score (nSPS) is 17.5. The van der Waals surface area contributed by atoms with Crippen LogP contribution in [0.4, 0.5) is 0 Å². The second kappa shape index (κ2) is 7.55. The number of piperidine rings is 1. The van der Waals surface area contributed by atoms with Crippen LogP contribution in [0.25, 0.3) is 0 Å². The summed E-state index contributed by atoms with van der Waals surface area (Å²) in [6.07, 6.45) is 6.69. The summed E-state index contributed by atoms with van der Waals surface area (Å²) in [5.74, 6) is 1.72. The number of furan rings is 1. The zero-order valence-electron chi connectivity index (χ0n) is 14.7. The third kappa shape index (κ3) is 3.92. The van der Waals surface area contributed by atoms with Gasteiger partial charge in [0, 0.05) is 38.8 Å². The van der Waals surface area contributed by atoms with Crippen molar-refractivity contribution in [3.8, 4) is 0 Å². The minimum absolute atomic E-state index is 0.100. The molecule has 0 saturated carbocycles. The van der Waals surface area contributed by atoms with Crippen LogP contribution in [0.3, 0.4) is 0 Å². The van der Waals surface area contributed by atoms with Gasteiger partial charge in [0.25, 0.3) is 5.91 Å². The fourth-order valence-corrected chi connectivity index (χ4v) is 3.27. The molecule has 2 aromatic rings. The zero-order valence-corrected chi connectivity index (χ0v) is 14.7. The van der Waals surface area contributed by atoms with Crippen molar-refractivity contribution in [3.05, 3.63) is 41.9 Å². The van der Waals surface area contributed by atoms with Gasteiger partial charge < -0.3 is 19.2 Å². The van der Waals surface area contributed by atoms with Gasteiger partial charge in [0.1, 0.15) is 11.6 Å². The first-order chi connectivity index (χ1) is 12.1. The molecule has 3 rings (SSSR count). The topological polar surface area (TPSA) is 80.4 Å². The van der Waals surface area contributed by atoms with E-state index in [-0.39, 0.29) is 17.9 Å². The predicted octanol–water partition coefficient (Wildman–Crippen LogP) is 2.15. The number of imidazole rings is 1. The molecule has 1 aliphatic heterocycles. The van der Waals surface area contributed by atoms with E-state index in [2.05, 4.69) is 21.8 Å². The second-order valence-electron chi connectivity index (χ2n) is 6.33. The Bertz CT molecular complexity index is 749. The van der Waals surface area contributed by atoms with E-state index in [4.69, 9.17) is 4.42 Å². The summed E-state index contributed by atoms with van der Waals surface area (Å²) in [7, 11) is 0. The van der Waals surface area contributed by atoms with Crippen molar-refractivity contribution in [2.24, 2.45) is 0 Å². The maximum Gasteiger partial charge on any atom is 0.289 e. The molecule has 1 atom stereocenters. The van der Waals surface area contributed by atoms with Gasteiger partial charge in [0.15, 0.2) is 5.76 Å². The Balaban J connectivity index is 1.67. The van der Waals surface area contributed by atoms with Gasteiger partial charge in [-0.15, -0.1) is 0 Å². The molecule has 25 heavy (non-hydrogen) atoms. The summed E-state index contributed by atoms with van der Waals surface area (Å²) < 4.78 is 7.78. The second-order valence-corrected chi connectivity index (χ2v) is 6.33. The number of hydrogen-bond donors (Lipinski definition) is 1. The highest BCUT2D eigenvalue weighted by atomic mass is 16.4. The summed E-state index contributed by atoms with van der Waals surface area (Å²) in [6, 6.07) is 3.66. The number of nitrogens with zero attached hydrogens (tertiary/aromatic N) is 3. The van der Waals surface area contributed by atoms with E-state index in [9.17, 15) is 9.59 Å². The van der Waals surface area contributed by atoms with E-state index < -0.39 is 0 Å². The molecule has 1 N–H and O–H groups in total. The molecular formula is C18H24N4O3. The summed E-state index contributed by atoms with van der Waals surface area (Å²) in [5.41, 5.74) is 0. The van der Waals surface area contributed by atoms with E-state index >= 15 is 0 Å². The zero-order chi connectivity index (χ0) is 17.8. The van der Waals surface area contributed by atoms with Crippen molar-refractivity contribution in [2.45, 2.75) is 45.7 Å². The van der Waals surface area contributed by atoms with E-state index in [0.717, 1.165) is 31.6 Å². The van der Waals surface area contributed by atoms with Crippen molar-refractivity contribution in [1.82, 2.24) is 19.8 Å². The molecule has 0 bridgehead atoms. The molecule has 7 heteroatoms. The molecule has 1 fully saturated rings. The van der Waals surface area contributed by atoms with Crippen LogP contribution in [0, 0.1) is 0 Å². The summed E-state index contributed by atoms with van der Waals surface area (Å²) in [5, 5.41) is 2.66. The van der Waals surface area contributed by atoms with Crippen molar-refractivity contribution < 1.29 is 14.0 Å². The highest BCUT2D eigenvalue weighted by molar-refractivity contribution is 5.91. The molecule has 7 nitrogen and oxygen atoms in total. The Morgan fingerprint density at radius 1 is 1.40 bits per heavy atom. The minimum Gasteiger partial charge on any atom is -0.454 e.